The maximum absolute atomic E-state index is 5.36. The Kier molecular flexibility index (Phi) is 8.40. The summed E-state index contributed by atoms with van der Waals surface area (Å²) in [4.78, 5) is 2.48. The minimum Gasteiger partial charge on any atom is -0.497 e. The molecule has 0 radical (unpaired) electrons. The van der Waals surface area contributed by atoms with Gasteiger partial charge in [-0.2, -0.15) is 0 Å². The summed E-state index contributed by atoms with van der Waals surface area (Å²) in [5, 5.41) is 3.67. The van der Waals surface area contributed by atoms with Gasteiger partial charge in [0.15, 0.2) is 0 Å². The lowest BCUT2D eigenvalue weighted by Crippen LogP contribution is -2.38. The van der Waals surface area contributed by atoms with Crippen LogP contribution in [0.5, 0.6) is 5.75 Å². The third-order valence-electron chi connectivity index (χ3n) is 4.17. The molecule has 0 aliphatic carbocycles. The Balaban J connectivity index is 2.83. The molecular weight excluding hydrogens is 260 g/mol. The summed E-state index contributed by atoms with van der Waals surface area (Å²) >= 11 is 0. The first-order valence-corrected chi connectivity index (χ1v) is 8.23. The van der Waals surface area contributed by atoms with Crippen LogP contribution in [0.15, 0.2) is 24.3 Å². The summed E-state index contributed by atoms with van der Waals surface area (Å²) in [6, 6.07) is 9.42. The molecule has 3 nitrogen and oxygen atoms in total. The lowest BCUT2D eigenvalue weighted by molar-refractivity contribution is 0.206. The highest BCUT2D eigenvalue weighted by molar-refractivity contribution is 5.30. The summed E-state index contributed by atoms with van der Waals surface area (Å²) in [6.45, 7) is 8.81. The smallest absolute Gasteiger partial charge is 0.119 e. The molecule has 3 heteroatoms. The first kappa shape index (κ1) is 18.0. The van der Waals surface area contributed by atoms with Crippen molar-refractivity contribution in [2.75, 3.05) is 27.2 Å². The van der Waals surface area contributed by atoms with Crippen LogP contribution in [0.4, 0.5) is 0 Å². The van der Waals surface area contributed by atoms with Crippen molar-refractivity contribution in [1.29, 1.82) is 0 Å². The summed E-state index contributed by atoms with van der Waals surface area (Å²) in [6.07, 6.45) is 3.55. The molecule has 0 fully saturated rings. The van der Waals surface area contributed by atoms with Crippen molar-refractivity contribution in [3.05, 3.63) is 29.8 Å². The van der Waals surface area contributed by atoms with E-state index in [2.05, 4.69) is 56.2 Å². The van der Waals surface area contributed by atoms with Crippen LogP contribution >= 0.6 is 0 Å². The monoisotopic (exact) mass is 292 g/mol. The van der Waals surface area contributed by atoms with E-state index in [-0.39, 0.29) is 0 Å². The Labute approximate surface area is 130 Å². The first-order chi connectivity index (χ1) is 10.2. The van der Waals surface area contributed by atoms with Crippen molar-refractivity contribution in [2.45, 2.75) is 52.1 Å². The quantitative estimate of drug-likeness (QED) is 0.709. The van der Waals surface area contributed by atoms with Gasteiger partial charge in [0.2, 0.25) is 0 Å². The molecule has 1 rings (SSSR count). The van der Waals surface area contributed by atoms with Gasteiger partial charge in [-0.1, -0.05) is 32.9 Å². The van der Waals surface area contributed by atoms with Crippen LogP contribution in [0.3, 0.4) is 0 Å². The molecular formula is C18H32N2O. The number of likely N-dealkylation sites (N-methyl/N-ethyl adjacent to an activating group) is 1. The number of hydrogen-bond acceptors (Lipinski definition) is 3. The molecule has 1 N–H and O–H groups in total. The minimum absolute atomic E-state index is 0.352. The summed E-state index contributed by atoms with van der Waals surface area (Å²) in [5.41, 5.74) is 1.31. The van der Waals surface area contributed by atoms with Crippen LogP contribution in [-0.2, 0) is 0 Å². The van der Waals surface area contributed by atoms with E-state index in [1.54, 1.807) is 7.11 Å². The van der Waals surface area contributed by atoms with Crippen LogP contribution < -0.4 is 10.1 Å². The number of methoxy groups -OCH3 is 1. The zero-order valence-electron chi connectivity index (χ0n) is 14.4. The van der Waals surface area contributed by atoms with E-state index in [0.29, 0.717) is 12.1 Å². The fourth-order valence-electron chi connectivity index (χ4n) is 2.81. The Morgan fingerprint density at radius 3 is 2.48 bits per heavy atom. The SMILES string of the molecule is CCCNC(CN(C)C(CC)CC)c1cccc(OC)c1. The van der Waals surface area contributed by atoms with E-state index < -0.39 is 0 Å². The zero-order valence-corrected chi connectivity index (χ0v) is 14.4. The number of benzene rings is 1. The molecule has 1 unspecified atom stereocenters. The highest BCUT2D eigenvalue weighted by Crippen LogP contribution is 2.21. The van der Waals surface area contributed by atoms with Crippen LogP contribution in [-0.4, -0.2) is 38.2 Å². The predicted molar refractivity (Wildman–Crippen MR) is 91.0 cm³/mol. The summed E-state index contributed by atoms with van der Waals surface area (Å²) in [5.74, 6) is 0.931. The van der Waals surface area contributed by atoms with E-state index in [1.165, 1.54) is 18.4 Å². The standard InChI is InChI=1S/C18H32N2O/c1-6-12-19-18(14-20(4)16(7-2)8-3)15-10-9-11-17(13-15)21-5/h9-11,13,16,18-19H,6-8,12,14H2,1-5H3. The number of nitrogens with one attached hydrogen (secondary N) is 1. The molecule has 21 heavy (non-hydrogen) atoms. The normalized spacial score (nSPS) is 12.9. The predicted octanol–water partition coefficient (Wildman–Crippen LogP) is 3.86. The Morgan fingerprint density at radius 1 is 1.19 bits per heavy atom. The molecule has 1 aromatic carbocycles. The molecule has 1 atom stereocenters. The van der Waals surface area contributed by atoms with Gasteiger partial charge in [0, 0.05) is 18.6 Å². The molecule has 0 spiro atoms. The highest BCUT2D eigenvalue weighted by Gasteiger charge is 2.18. The van der Waals surface area contributed by atoms with Crippen molar-refractivity contribution in [3.8, 4) is 5.75 Å². The van der Waals surface area contributed by atoms with Gasteiger partial charge in [-0.05, 0) is 50.6 Å². The zero-order chi connectivity index (χ0) is 15.7. The van der Waals surface area contributed by atoms with E-state index in [4.69, 9.17) is 4.74 Å². The van der Waals surface area contributed by atoms with Gasteiger partial charge in [-0.25, -0.2) is 0 Å². The Hall–Kier alpha value is -1.06. The van der Waals surface area contributed by atoms with Gasteiger partial charge in [-0.3, -0.25) is 0 Å². The lowest BCUT2D eigenvalue weighted by Gasteiger charge is -2.31. The van der Waals surface area contributed by atoms with Gasteiger partial charge in [0.05, 0.1) is 7.11 Å². The summed E-state index contributed by atoms with van der Waals surface area (Å²) in [7, 11) is 3.96. The van der Waals surface area contributed by atoms with Crippen LogP contribution in [0.25, 0.3) is 0 Å². The Morgan fingerprint density at radius 2 is 1.90 bits per heavy atom. The van der Waals surface area contributed by atoms with Crippen molar-refractivity contribution >= 4 is 0 Å². The number of hydrogen-bond donors (Lipinski definition) is 1. The molecule has 0 amide bonds. The van der Waals surface area contributed by atoms with Crippen molar-refractivity contribution in [1.82, 2.24) is 10.2 Å². The van der Waals surface area contributed by atoms with Gasteiger partial charge in [0.25, 0.3) is 0 Å². The second kappa shape index (κ2) is 9.80. The number of rotatable bonds is 10. The molecule has 0 aliphatic heterocycles. The summed E-state index contributed by atoms with van der Waals surface area (Å²) < 4.78 is 5.36. The average molecular weight is 292 g/mol. The maximum Gasteiger partial charge on any atom is 0.119 e. The fourth-order valence-corrected chi connectivity index (χ4v) is 2.81. The van der Waals surface area contributed by atoms with E-state index >= 15 is 0 Å². The second-order valence-corrected chi connectivity index (χ2v) is 5.69. The number of ether oxygens (including phenoxy) is 1. The molecule has 0 saturated heterocycles. The van der Waals surface area contributed by atoms with E-state index in [9.17, 15) is 0 Å². The first-order valence-electron chi connectivity index (χ1n) is 8.23. The van der Waals surface area contributed by atoms with Gasteiger partial charge in [-0.15, -0.1) is 0 Å². The highest BCUT2D eigenvalue weighted by atomic mass is 16.5. The molecule has 0 heterocycles. The third-order valence-corrected chi connectivity index (χ3v) is 4.17. The van der Waals surface area contributed by atoms with Crippen LogP contribution in [0, 0.1) is 0 Å². The number of nitrogens with zero attached hydrogens (tertiary/aromatic N) is 1. The molecule has 1 aromatic rings. The van der Waals surface area contributed by atoms with E-state index in [1.807, 2.05) is 6.07 Å². The topological polar surface area (TPSA) is 24.5 Å². The van der Waals surface area contributed by atoms with Crippen molar-refractivity contribution in [2.24, 2.45) is 0 Å². The third kappa shape index (κ3) is 5.68. The maximum atomic E-state index is 5.36. The van der Waals surface area contributed by atoms with E-state index in [0.717, 1.165) is 25.3 Å². The van der Waals surface area contributed by atoms with Crippen molar-refractivity contribution < 1.29 is 4.74 Å². The van der Waals surface area contributed by atoms with Gasteiger partial charge < -0.3 is 15.0 Å². The largest absolute Gasteiger partial charge is 0.497 e. The average Bonchev–Trinajstić information content (AvgIpc) is 2.52. The molecule has 0 aliphatic rings. The van der Waals surface area contributed by atoms with Gasteiger partial charge >= 0.3 is 0 Å². The fraction of sp³-hybridized carbons (Fsp3) is 0.667. The van der Waals surface area contributed by atoms with Crippen LogP contribution in [0.2, 0.25) is 0 Å². The Bertz CT molecular complexity index is 391. The van der Waals surface area contributed by atoms with Crippen LogP contribution in [0.1, 0.15) is 51.6 Å². The molecule has 0 bridgehead atoms. The minimum atomic E-state index is 0.352. The molecule has 0 saturated carbocycles. The molecule has 0 aromatic heterocycles. The van der Waals surface area contributed by atoms with Gasteiger partial charge in [0.1, 0.15) is 5.75 Å². The second-order valence-electron chi connectivity index (χ2n) is 5.69. The van der Waals surface area contributed by atoms with Crippen molar-refractivity contribution in [3.63, 3.8) is 0 Å². The lowest BCUT2D eigenvalue weighted by atomic mass is 10.0. The molecule has 120 valence electrons.